The zero-order chi connectivity index (χ0) is 15.5. The number of amides is 1. The quantitative estimate of drug-likeness (QED) is 0.645. The van der Waals surface area contributed by atoms with Crippen LogP contribution in [0, 0.1) is 0 Å². The van der Waals surface area contributed by atoms with E-state index in [9.17, 15) is 4.79 Å². The normalized spacial score (nSPS) is 12.0. The van der Waals surface area contributed by atoms with Crippen LogP contribution in [-0.4, -0.2) is 38.8 Å². The lowest BCUT2D eigenvalue weighted by Gasteiger charge is -2.14. The van der Waals surface area contributed by atoms with Crippen molar-refractivity contribution in [3.05, 3.63) is 29.8 Å². The fraction of sp³-hybridized carbons (Fsp3) is 0.562. The van der Waals surface area contributed by atoms with Gasteiger partial charge in [0.2, 0.25) is 5.91 Å². The molecule has 118 valence electrons. The fourth-order valence-electron chi connectivity index (χ4n) is 1.78. The second kappa shape index (κ2) is 10.2. The molecule has 0 bridgehead atoms. The largest absolute Gasteiger partial charge is 0.497 e. The second-order valence-electron chi connectivity index (χ2n) is 4.85. The summed E-state index contributed by atoms with van der Waals surface area (Å²) < 4.78 is 10.7. The van der Waals surface area contributed by atoms with Crippen LogP contribution in [0.15, 0.2) is 24.3 Å². The number of benzene rings is 1. The lowest BCUT2D eigenvalue weighted by Crippen LogP contribution is -2.38. The molecule has 1 aromatic carbocycles. The minimum Gasteiger partial charge on any atom is -0.497 e. The summed E-state index contributed by atoms with van der Waals surface area (Å²) in [6.45, 7) is 6.63. The van der Waals surface area contributed by atoms with E-state index in [0.29, 0.717) is 13.2 Å². The molecule has 0 aromatic heterocycles. The molecule has 0 spiro atoms. The Bertz CT molecular complexity index is 424. The molecule has 1 rings (SSSR count). The van der Waals surface area contributed by atoms with Crippen LogP contribution in [0.3, 0.4) is 0 Å². The van der Waals surface area contributed by atoms with Gasteiger partial charge in [0, 0.05) is 13.1 Å². The van der Waals surface area contributed by atoms with E-state index in [4.69, 9.17) is 9.47 Å². The van der Waals surface area contributed by atoms with Crippen molar-refractivity contribution in [1.29, 1.82) is 0 Å². The van der Waals surface area contributed by atoms with Crippen molar-refractivity contribution in [3.63, 3.8) is 0 Å². The summed E-state index contributed by atoms with van der Waals surface area (Å²) >= 11 is 0. The van der Waals surface area contributed by atoms with Gasteiger partial charge in [0.15, 0.2) is 0 Å². The van der Waals surface area contributed by atoms with Crippen molar-refractivity contribution >= 4 is 5.91 Å². The van der Waals surface area contributed by atoms with E-state index in [0.717, 1.165) is 30.8 Å². The molecule has 1 unspecified atom stereocenters. The average Bonchev–Trinajstić information content (AvgIpc) is 2.52. The maximum atomic E-state index is 11.8. The van der Waals surface area contributed by atoms with E-state index < -0.39 is 6.10 Å². The number of hydrogen-bond donors (Lipinski definition) is 2. The minimum atomic E-state index is -0.470. The molecule has 1 amide bonds. The zero-order valence-electron chi connectivity index (χ0n) is 13.1. The third-order valence-corrected chi connectivity index (χ3v) is 3.03. The molecule has 1 aromatic rings. The molecule has 21 heavy (non-hydrogen) atoms. The molecule has 5 heteroatoms. The SMILES string of the molecule is CCCNCCNC(=O)C(C)OCc1cccc(OC)c1. The van der Waals surface area contributed by atoms with Gasteiger partial charge in [0.25, 0.3) is 0 Å². The van der Waals surface area contributed by atoms with Crippen LogP contribution in [0.4, 0.5) is 0 Å². The van der Waals surface area contributed by atoms with Gasteiger partial charge >= 0.3 is 0 Å². The molecule has 0 saturated carbocycles. The molecule has 5 nitrogen and oxygen atoms in total. The summed E-state index contributed by atoms with van der Waals surface area (Å²) in [7, 11) is 1.63. The Labute approximate surface area is 127 Å². The number of ether oxygens (including phenoxy) is 2. The van der Waals surface area contributed by atoms with Gasteiger partial charge in [-0.2, -0.15) is 0 Å². The third kappa shape index (κ3) is 7.11. The van der Waals surface area contributed by atoms with Crippen molar-refractivity contribution < 1.29 is 14.3 Å². The van der Waals surface area contributed by atoms with Gasteiger partial charge in [0.05, 0.1) is 13.7 Å². The van der Waals surface area contributed by atoms with E-state index in [-0.39, 0.29) is 5.91 Å². The molecule has 0 aliphatic rings. The van der Waals surface area contributed by atoms with Crippen LogP contribution in [-0.2, 0) is 16.1 Å². The number of methoxy groups -OCH3 is 1. The summed E-state index contributed by atoms with van der Waals surface area (Å²) in [5, 5.41) is 6.08. The van der Waals surface area contributed by atoms with Crippen molar-refractivity contribution in [3.8, 4) is 5.75 Å². The van der Waals surface area contributed by atoms with Gasteiger partial charge < -0.3 is 20.1 Å². The van der Waals surface area contributed by atoms with E-state index >= 15 is 0 Å². The highest BCUT2D eigenvalue weighted by atomic mass is 16.5. The van der Waals surface area contributed by atoms with Crippen LogP contribution in [0.1, 0.15) is 25.8 Å². The standard InChI is InChI=1S/C16H26N2O3/c1-4-8-17-9-10-18-16(19)13(2)21-12-14-6-5-7-15(11-14)20-3/h5-7,11,13,17H,4,8-10,12H2,1-3H3,(H,18,19). The van der Waals surface area contributed by atoms with Crippen LogP contribution in [0.5, 0.6) is 5.75 Å². The van der Waals surface area contributed by atoms with Gasteiger partial charge in [-0.25, -0.2) is 0 Å². The average molecular weight is 294 g/mol. The first-order valence-corrected chi connectivity index (χ1v) is 7.40. The Morgan fingerprint density at radius 1 is 1.29 bits per heavy atom. The van der Waals surface area contributed by atoms with E-state index in [1.54, 1.807) is 14.0 Å². The number of hydrogen-bond acceptors (Lipinski definition) is 4. The van der Waals surface area contributed by atoms with Crippen molar-refractivity contribution in [2.45, 2.75) is 33.0 Å². The van der Waals surface area contributed by atoms with E-state index in [2.05, 4.69) is 17.6 Å². The van der Waals surface area contributed by atoms with Crippen molar-refractivity contribution in [2.24, 2.45) is 0 Å². The lowest BCUT2D eigenvalue weighted by atomic mass is 10.2. The van der Waals surface area contributed by atoms with Crippen LogP contribution in [0.25, 0.3) is 0 Å². The summed E-state index contributed by atoms with van der Waals surface area (Å²) in [5.41, 5.74) is 0.985. The highest BCUT2D eigenvalue weighted by Gasteiger charge is 2.12. The van der Waals surface area contributed by atoms with Gasteiger partial charge in [-0.15, -0.1) is 0 Å². The number of carbonyl (C=O) groups is 1. The molecular weight excluding hydrogens is 268 g/mol. The maximum absolute atomic E-state index is 11.8. The summed E-state index contributed by atoms with van der Waals surface area (Å²) in [6.07, 6.45) is 0.621. The van der Waals surface area contributed by atoms with E-state index in [1.165, 1.54) is 0 Å². The van der Waals surface area contributed by atoms with Crippen LogP contribution >= 0.6 is 0 Å². The number of rotatable bonds is 10. The summed E-state index contributed by atoms with van der Waals surface area (Å²) in [4.78, 5) is 11.8. The Hall–Kier alpha value is -1.59. The molecule has 0 saturated heterocycles. The molecular formula is C16H26N2O3. The monoisotopic (exact) mass is 294 g/mol. The minimum absolute atomic E-state index is 0.0869. The number of nitrogens with one attached hydrogen (secondary N) is 2. The predicted octanol–water partition coefficient (Wildman–Crippen LogP) is 1.72. The molecule has 1 atom stereocenters. The first-order valence-electron chi connectivity index (χ1n) is 7.40. The predicted molar refractivity (Wildman–Crippen MR) is 83.4 cm³/mol. The Balaban J connectivity index is 2.25. The van der Waals surface area contributed by atoms with Crippen LogP contribution in [0.2, 0.25) is 0 Å². The van der Waals surface area contributed by atoms with Gasteiger partial charge in [-0.3, -0.25) is 4.79 Å². The number of carbonyl (C=O) groups excluding carboxylic acids is 1. The third-order valence-electron chi connectivity index (χ3n) is 3.03. The molecule has 0 aliphatic carbocycles. The van der Waals surface area contributed by atoms with Gasteiger partial charge in [-0.05, 0) is 37.6 Å². The zero-order valence-corrected chi connectivity index (χ0v) is 13.1. The molecule has 0 aliphatic heterocycles. The van der Waals surface area contributed by atoms with E-state index in [1.807, 2.05) is 24.3 Å². The Morgan fingerprint density at radius 3 is 2.81 bits per heavy atom. The molecule has 2 N–H and O–H groups in total. The maximum Gasteiger partial charge on any atom is 0.248 e. The Kier molecular flexibility index (Phi) is 8.47. The van der Waals surface area contributed by atoms with Crippen molar-refractivity contribution in [1.82, 2.24) is 10.6 Å². The Morgan fingerprint density at radius 2 is 2.10 bits per heavy atom. The molecule has 0 radical (unpaired) electrons. The van der Waals surface area contributed by atoms with Crippen molar-refractivity contribution in [2.75, 3.05) is 26.7 Å². The second-order valence-corrected chi connectivity index (χ2v) is 4.85. The molecule has 0 fully saturated rings. The first-order chi connectivity index (χ1) is 10.2. The first kappa shape index (κ1) is 17.5. The highest BCUT2D eigenvalue weighted by molar-refractivity contribution is 5.80. The van der Waals surface area contributed by atoms with Gasteiger partial charge in [-0.1, -0.05) is 19.1 Å². The fourth-order valence-corrected chi connectivity index (χ4v) is 1.78. The van der Waals surface area contributed by atoms with Gasteiger partial charge in [0.1, 0.15) is 11.9 Å². The van der Waals surface area contributed by atoms with Crippen LogP contribution < -0.4 is 15.4 Å². The topological polar surface area (TPSA) is 59.6 Å². The highest BCUT2D eigenvalue weighted by Crippen LogP contribution is 2.13. The lowest BCUT2D eigenvalue weighted by molar-refractivity contribution is -0.132. The molecule has 0 heterocycles. The summed E-state index contributed by atoms with van der Waals surface area (Å²) in [6, 6.07) is 7.63. The smallest absolute Gasteiger partial charge is 0.248 e. The summed E-state index contributed by atoms with van der Waals surface area (Å²) in [5.74, 6) is 0.700.